The second-order valence-corrected chi connectivity index (χ2v) is 7.69. The molecule has 9 nitrogen and oxygen atoms in total. The summed E-state index contributed by atoms with van der Waals surface area (Å²) in [5.41, 5.74) is 7.36. The van der Waals surface area contributed by atoms with E-state index >= 15 is 0 Å². The van der Waals surface area contributed by atoms with Crippen LogP contribution in [0, 0.1) is 17.5 Å². The van der Waals surface area contributed by atoms with Crippen LogP contribution in [0.5, 0.6) is 0 Å². The number of nitrogens with two attached hydrogens (primary N) is 1. The molecule has 1 atom stereocenters. The lowest BCUT2D eigenvalue weighted by molar-refractivity contribution is -0.418. The van der Waals surface area contributed by atoms with Gasteiger partial charge in [-0.25, -0.2) is 27.8 Å². The zero-order valence-electron chi connectivity index (χ0n) is 18.3. The fourth-order valence-corrected chi connectivity index (χ4v) is 3.93. The molecule has 1 aromatic carbocycles. The van der Waals surface area contributed by atoms with Crippen molar-refractivity contribution in [2.75, 3.05) is 13.6 Å². The molecule has 0 radical (unpaired) electrons. The number of hydrogen-bond donors (Lipinski definition) is 3. The van der Waals surface area contributed by atoms with Crippen molar-refractivity contribution < 1.29 is 23.0 Å². The summed E-state index contributed by atoms with van der Waals surface area (Å²) in [6.45, 7) is 1.94. The van der Waals surface area contributed by atoms with Gasteiger partial charge in [-0.15, -0.1) is 5.10 Å². The summed E-state index contributed by atoms with van der Waals surface area (Å²) in [5.74, 6) is -2.86. The predicted octanol–water partition coefficient (Wildman–Crippen LogP) is 0.0198. The van der Waals surface area contributed by atoms with Gasteiger partial charge in [0, 0.05) is 36.1 Å². The molecular weight excluding hydrogens is 451 g/mol. The summed E-state index contributed by atoms with van der Waals surface area (Å²) in [5, 5.41) is 4.02. The zero-order valence-corrected chi connectivity index (χ0v) is 18.3. The van der Waals surface area contributed by atoms with E-state index in [0.29, 0.717) is 29.0 Å². The molecule has 0 saturated carbocycles. The van der Waals surface area contributed by atoms with Gasteiger partial charge in [0.2, 0.25) is 11.5 Å². The first-order chi connectivity index (χ1) is 16.2. The number of nitrogens with zero attached hydrogens (tertiary/aromatic N) is 4. The van der Waals surface area contributed by atoms with E-state index in [-0.39, 0.29) is 18.1 Å². The summed E-state index contributed by atoms with van der Waals surface area (Å²) in [7, 11) is 1.62. The van der Waals surface area contributed by atoms with E-state index in [4.69, 9.17) is 5.73 Å². The molecule has 0 aliphatic carbocycles. The molecule has 3 aromatic rings. The maximum absolute atomic E-state index is 13.8. The average molecular weight is 472 g/mol. The highest BCUT2D eigenvalue weighted by atomic mass is 19.1. The molecule has 4 rings (SSSR count). The predicted molar refractivity (Wildman–Crippen MR) is 116 cm³/mol. The summed E-state index contributed by atoms with van der Waals surface area (Å²) in [6, 6.07) is 3.57. The van der Waals surface area contributed by atoms with Crippen molar-refractivity contribution in [1.82, 2.24) is 24.6 Å². The average Bonchev–Trinajstić information content (AvgIpc) is 3.28. The highest BCUT2D eigenvalue weighted by Gasteiger charge is 2.34. The minimum Gasteiger partial charge on any atom is -0.400 e. The number of aromatic amines is 1. The minimum absolute atomic E-state index is 0.129. The van der Waals surface area contributed by atoms with E-state index in [2.05, 4.69) is 20.1 Å². The molecule has 4 N–H and O–H groups in total. The Morgan fingerprint density at radius 1 is 1.18 bits per heavy atom. The van der Waals surface area contributed by atoms with Crippen LogP contribution in [-0.2, 0) is 0 Å². The summed E-state index contributed by atoms with van der Waals surface area (Å²) >= 11 is 0. The maximum Gasteiger partial charge on any atom is 0.294 e. The first-order valence-electron chi connectivity index (χ1n) is 10.3. The smallest absolute Gasteiger partial charge is 0.294 e. The van der Waals surface area contributed by atoms with Gasteiger partial charge in [-0.3, -0.25) is 9.59 Å². The van der Waals surface area contributed by atoms with Crippen LogP contribution in [0.25, 0.3) is 5.69 Å². The molecule has 12 heteroatoms. The van der Waals surface area contributed by atoms with Gasteiger partial charge in [0.1, 0.15) is 36.5 Å². The van der Waals surface area contributed by atoms with Gasteiger partial charge in [-0.05, 0) is 25.5 Å². The van der Waals surface area contributed by atoms with Gasteiger partial charge < -0.3 is 15.6 Å². The van der Waals surface area contributed by atoms with Gasteiger partial charge in [0.05, 0.1) is 11.6 Å². The zero-order chi connectivity index (χ0) is 24.6. The Bertz CT molecular complexity index is 1370. The number of carbonyl (C=O) groups excluding carboxylic acids is 1. The number of benzene rings is 1. The number of aromatic nitrogens is 4. The van der Waals surface area contributed by atoms with Crippen LogP contribution < -0.4 is 16.3 Å². The van der Waals surface area contributed by atoms with Crippen molar-refractivity contribution in [2.24, 2.45) is 5.73 Å². The number of H-pyrrole nitrogens is 1. The summed E-state index contributed by atoms with van der Waals surface area (Å²) in [6.07, 6.45) is 2.36. The van der Waals surface area contributed by atoms with E-state index in [1.165, 1.54) is 17.0 Å². The van der Waals surface area contributed by atoms with Crippen LogP contribution in [0.1, 0.15) is 29.5 Å². The Balaban J connectivity index is 1.61. The lowest BCUT2D eigenvalue weighted by atomic mass is 9.91. The molecule has 3 heterocycles. The van der Waals surface area contributed by atoms with Crippen molar-refractivity contribution >= 4 is 11.6 Å². The van der Waals surface area contributed by atoms with Crippen molar-refractivity contribution in [2.45, 2.75) is 19.4 Å². The topological polar surface area (TPSA) is 124 Å². The van der Waals surface area contributed by atoms with Crippen molar-refractivity contribution in [3.63, 3.8) is 0 Å². The van der Waals surface area contributed by atoms with Crippen LogP contribution in [0.3, 0.4) is 0 Å². The van der Waals surface area contributed by atoms with Gasteiger partial charge in [0.15, 0.2) is 0 Å². The molecule has 0 unspecified atom stereocenters. The molecule has 0 fully saturated rings. The normalized spacial score (nSPS) is 16.8. The van der Waals surface area contributed by atoms with Crippen molar-refractivity contribution in [1.29, 1.82) is 0 Å². The number of rotatable bonds is 4. The minimum atomic E-state index is -0.721. The summed E-state index contributed by atoms with van der Waals surface area (Å²) < 4.78 is 42.0. The molecule has 0 saturated heterocycles. The number of pyridine rings is 1. The Kier molecular flexibility index (Phi) is 6.05. The SMILES string of the molecule is C[NH+]=C(C1=C(N)[C@H](C)N(C(=O)c2ncn(-c3cc(F)c[nH]c3=O)n2)CC1)c1cc(F)cc(F)c1. The van der Waals surface area contributed by atoms with E-state index in [1.807, 2.05) is 0 Å². The lowest BCUT2D eigenvalue weighted by Crippen LogP contribution is -2.69. The molecule has 1 amide bonds. The second-order valence-electron chi connectivity index (χ2n) is 7.69. The molecule has 2 aromatic heterocycles. The highest BCUT2D eigenvalue weighted by Crippen LogP contribution is 2.25. The standard InChI is InChI=1S/C22H20F3N7O2/c1-11-18(26)16(19(27-2)12-5-13(23)7-14(24)6-12)3-4-31(11)22(34)20-29-10-32(30-20)17-8-15(25)9-28-21(17)33/h5-11H,3-4,26H2,1-2H3,(H,28,33)/p+1/t11-/m0/s1. The first kappa shape index (κ1) is 23.0. The van der Waals surface area contributed by atoms with Gasteiger partial charge in [0.25, 0.3) is 11.5 Å². The third kappa shape index (κ3) is 4.21. The summed E-state index contributed by atoms with van der Waals surface area (Å²) in [4.78, 5) is 35.6. The third-order valence-corrected chi connectivity index (χ3v) is 5.61. The molecule has 34 heavy (non-hydrogen) atoms. The maximum atomic E-state index is 13.8. The fourth-order valence-electron chi connectivity index (χ4n) is 3.93. The Labute approximate surface area is 191 Å². The van der Waals surface area contributed by atoms with Crippen LogP contribution in [-0.4, -0.2) is 55.9 Å². The van der Waals surface area contributed by atoms with E-state index in [9.17, 15) is 22.8 Å². The second kappa shape index (κ2) is 8.96. The van der Waals surface area contributed by atoms with Crippen LogP contribution in [0.4, 0.5) is 13.2 Å². The fraction of sp³-hybridized carbons (Fsp3) is 0.227. The van der Waals surface area contributed by atoms with Crippen LogP contribution >= 0.6 is 0 Å². The Morgan fingerprint density at radius 2 is 1.88 bits per heavy atom. The van der Waals surface area contributed by atoms with Crippen molar-refractivity contribution in [3.8, 4) is 5.69 Å². The molecule has 0 bridgehead atoms. The number of hydrogen-bond acceptors (Lipinski definition) is 5. The number of nitrogens with one attached hydrogen (secondary N) is 2. The monoisotopic (exact) mass is 472 g/mol. The first-order valence-corrected chi connectivity index (χ1v) is 10.3. The highest BCUT2D eigenvalue weighted by molar-refractivity contribution is 6.09. The Morgan fingerprint density at radius 3 is 2.56 bits per heavy atom. The number of amides is 1. The molecule has 0 spiro atoms. The van der Waals surface area contributed by atoms with Crippen LogP contribution in [0.2, 0.25) is 0 Å². The molecule has 176 valence electrons. The number of halogens is 3. The quantitative estimate of drug-likeness (QED) is 0.462. The van der Waals surface area contributed by atoms with Gasteiger partial charge >= 0.3 is 0 Å². The van der Waals surface area contributed by atoms with E-state index in [1.54, 1.807) is 14.0 Å². The van der Waals surface area contributed by atoms with E-state index in [0.717, 1.165) is 29.3 Å². The third-order valence-electron chi connectivity index (χ3n) is 5.61. The Hall–Kier alpha value is -4.22. The van der Waals surface area contributed by atoms with Crippen LogP contribution in [0.15, 0.2) is 52.9 Å². The van der Waals surface area contributed by atoms with Gasteiger partial charge in [-0.2, -0.15) is 0 Å². The van der Waals surface area contributed by atoms with Crippen molar-refractivity contribution in [3.05, 3.63) is 87.3 Å². The van der Waals surface area contributed by atoms with E-state index < -0.39 is 35.0 Å². The largest absolute Gasteiger partial charge is 0.400 e. The number of carbonyl (C=O) groups is 1. The molecule has 1 aliphatic heterocycles. The van der Waals surface area contributed by atoms with Gasteiger partial charge in [-0.1, -0.05) is 0 Å². The molecular formula is C22H21F3N7O2+. The lowest BCUT2D eigenvalue weighted by Gasteiger charge is -2.34. The molecule has 1 aliphatic rings.